The van der Waals surface area contributed by atoms with Crippen molar-refractivity contribution in [2.24, 2.45) is 23.5 Å². The number of ether oxygens (including phenoxy) is 2. The molecule has 0 saturated heterocycles. The lowest BCUT2D eigenvalue weighted by Crippen LogP contribution is -2.45. The smallest absolute Gasteiger partial charge is 0.255 e. The van der Waals surface area contributed by atoms with Gasteiger partial charge in [-0.15, -0.1) is 0 Å². The van der Waals surface area contributed by atoms with E-state index in [1.807, 2.05) is 18.2 Å². The van der Waals surface area contributed by atoms with E-state index in [1.165, 1.54) is 0 Å². The van der Waals surface area contributed by atoms with Crippen LogP contribution in [0.5, 0.6) is 5.75 Å². The number of carbonyl (C=O) groups excluding carboxylic acids is 1. The molecule has 0 aliphatic heterocycles. The van der Waals surface area contributed by atoms with E-state index >= 15 is 0 Å². The normalized spacial score (nSPS) is 14.4. The minimum absolute atomic E-state index is 0.157. The molecule has 7 nitrogen and oxygen atoms in total. The first-order valence-electron chi connectivity index (χ1n) is 11.9. The summed E-state index contributed by atoms with van der Waals surface area (Å²) < 4.78 is 10.9. The molecule has 7 heteroatoms. The summed E-state index contributed by atoms with van der Waals surface area (Å²) in [5, 5.41) is 16.7. The van der Waals surface area contributed by atoms with Crippen LogP contribution in [0.1, 0.15) is 57.3 Å². The molecule has 32 heavy (non-hydrogen) atoms. The Morgan fingerprint density at radius 1 is 1.06 bits per heavy atom. The van der Waals surface area contributed by atoms with Gasteiger partial charge in [0.15, 0.2) is 0 Å². The van der Waals surface area contributed by atoms with E-state index < -0.39 is 6.10 Å². The number of hydrogen-bond acceptors (Lipinski definition) is 6. The average molecular weight is 452 g/mol. The summed E-state index contributed by atoms with van der Waals surface area (Å²) >= 11 is 0. The van der Waals surface area contributed by atoms with Crippen molar-refractivity contribution >= 4 is 5.91 Å². The molecule has 184 valence electrons. The van der Waals surface area contributed by atoms with E-state index in [1.54, 1.807) is 13.2 Å². The van der Waals surface area contributed by atoms with Crippen molar-refractivity contribution in [1.29, 1.82) is 0 Å². The highest BCUT2D eigenvalue weighted by molar-refractivity contribution is 5.96. The van der Waals surface area contributed by atoms with Gasteiger partial charge in [0.2, 0.25) is 0 Å². The summed E-state index contributed by atoms with van der Waals surface area (Å²) in [7, 11) is 1.68. The van der Waals surface area contributed by atoms with Crippen molar-refractivity contribution in [2.75, 3.05) is 40.0 Å². The van der Waals surface area contributed by atoms with E-state index in [0.717, 1.165) is 19.4 Å². The molecule has 0 heterocycles. The predicted octanol–water partition coefficient (Wildman–Crippen LogP) is 2.82. The number of amides is 1. The number of aliphatic hydroxyl groups excluding tert-OH is 1. The quantitative estimate of drug-likeness (QED) is 0.272. The minimum atomic E-state index is -0.613. The number of rotatable bonds is 17. The van der Waals surface area contributed by atoms with Crippen molar-refractivity contribution in [2.45, 2.75) is 59.1 Å². The van der Waals surface area contributed by atoms with Gasteiger partial charge in [0, 0.05) is 32.8 Å². The number of unbranched alkanes of at least 4 members (excludes halogenated alkanes) is 1. The maximum atomic E-state index is 12.9. The zero-order chi connectivity index (χ0) is 23.9. The Kier molecular flexibility index (Phi) is 14.2. The van der Waals surface area contributed by atoms with Crippen LogP contribution in [0.4, 0.5) is 0 Å². The second kappa shape index (κ2) is 16.0. The molecule has 3 atom stereocenters. The third kappa shape index (κ3) is 11.3. The number of carbonyl (C=O) groups is 1. The SMILES string of the molecule is COCCCCOc1ccccc1C(=O)NC[C@@H](C[C@H](N)[C@@H](O)CNCC(C)C)C(C)C. The summed E-state index contributed by atoms with van der Waals surface area (Å²) in [4.78, 5) is 12.9. The van der Waals surface area contributed by atoms with Crippen molar-refractivity contribution in [1.82, 2.24) is 10.6 Å². The standard InChI is InChI=1S/C25H45N3O4/c1-18(2)15-27-17-23(29)22(26)14-20(19(3)4)16-28-25(30)21-10-6-7-11-24(21)32-13-9-8-12-31-5/h6-7,10-11,18-20,22-23,27,29H,8-9,12-17,26H2,1-5H3,(H,28,30)/t20-,22+,23+/m1/s1. The van der Waals surface area contributed by atoms with Gasteiger partial charge in [0.05, 0.1) is 18.3 Å². The zero-order valence-corrected chi connectivity index (χ0v) is 20.6. The summed E-state index contributed by atoms with van der Waals surface area (Å²) in [5.41, 5.74) is 6.80. The Bertz CT molecular complexity index is 639. The fourth-order valence-corrected chi connectivity index (χ4v) is 3.40. The Morgan fingerprint density at radius 2 is 1.75 bits per heavy atom. The molecule has 1 aromatic carbocycles. The second-order valence-corrected chi connectivity index (χ2v) is 9.28. The number of para-hydroxylation sites is 1. The molecule has 0 aliphatic carbocycles. The van der Waals surface area contributed by atoms with E-state index in [0.29, 0.717) is 55.9 Å². The van der Waals surface area contributed by atoms with E-state index in [2.05, 4.69) is 38.3 Å². The molecule has 1 rings (SSSR count). The largest absolute Gasteiger partial charge is 0.493 e. The Balaban J connectivity index is 2.58. The van der Waals surface area contributed by atoms with Crippen LogP contribution in [0, 0.1) is 17.8 Å². The van der Waals surface area contributed by atoms with E-state index in [-0.39, 0.29) is 17.9 Å². The highest BCUT2D eigenvalue weighted by atomic mass is 16.5. The molecular formula is C25H45N3O4. The van der Waals surface area contributed by atoms with Crippen molar-refractivity contribution in [3.05, 3.63) is 29.8 Å². The van der Waals surface area contributed by atoms with Gasteiger partial charge in [-0.25, -0.2) is 0 Å². The molecule has 5 N–H and O–H groups in total. The molecule has 0 aliphatic rings. The van der Waals surface area contributed by atoms with Crippen molar-refractivity contribution < 1.29 is 19.4 Å². The topological polar surface area (TPSA) is 106 Å². The second-order valence-electron chi connectivity index (χ2n) is 9.28. The van der Waals surface area contributed by atoms with Gasteiger partial charge in [0.25, 0.3) is 5.91 Å². The van der Waals surface area contributed by atoms with Gasteiger partial charge < -0.3 is 30.9 Å². The summed E-state index contributed by atoms with van der Waals surface area (Å²) in [5.74, 6) is 1.44. The van der Waals surface area contributed by atoms with Crippen LogP contribution in [-0.2, 0) is 4.74 Å². The average Bonchev–Trinajstić information content (AvgIpc) is 2.75. The first-order chi connectivity index (χ1) is 15.3. The fourth-order valence-electron chi connectivity index (χ4n) is 3.40. The lowest BCUT2D eigenvalue weighted by Gasteiger charge is -2.27. The highest BCUT2D eigenvalue weighted by Crippen LogP contribution is 2.20. The minimum Gasteiger partial charge on any atom is -0.493 e. The molecule has 0 saturated carbocycles. The number of benzene rings is 1. The third-order valence-electron chi connectivity index (χ3n) is 5.57. The van der Waals surface area contributed by atoms with Gasteiger partial charge in [-0.2, -0.15) is 0 Å². The molecule has 0 radical (unpaired) electrons. The molecule has 1 aromatic rings. The van der Waals surface area contributed by atoms with Crippen LogP contribution in [-0.4, -0.2) is 63.1 Å². The zero-order valence-electron chi connectivity index (χ0n) is 20.6. The lowest BCUT2D eigenvalue weighted by molar-refractivity contribution is 0.0927. The van der Waals surface area contributed by atoms with Crippen LogP contribution in [0.25, 0.3) is 0 Å². The molecule has 1 amide bonds. The van der Waals surface area contributed by atoms with Gasteiger partial charge in [-0.05, 0) is 55.7 Å². The van der Waals surface area contributed by atoms with E-state index in [9.17, 15) is 9.90 Å². The van der Waals surface area contributed by atoms with Crippen molar-refractivity contribution in [3.63, 3.8) is 0 Å². The highest BCUT2D eigenvalue weighted by Gasteiger charge is 2.23. The van der Waals surface area contributed by atoms with Crippen LogP contribution >= 0.6 is 0 Å². The number of nitrogens with one attached hydrogen (secondary N) is 2. The molecule has 0 bridgehead atoms. The first kappa shape index (κ1) is 28.4. The number of nitrogens with two attached hydrogens (primary N) is 1. The Morgan fingerprint density at radius 3 is 2.41 bits per heavy atom. The van der Waals surface area contributed by atoms with Gasteiger partial charge in [-0.1, -0.05) is 39.8 Å². The van der Waals surface area contributed by atoms with Gasteiger partial charge >= 0.3 is 0 Å². The number of hydrogen-bond donors (Lipinski definition) is 4. The van der Waals surface area contributed by atoms with Crippen LogP contribution in [0.15, 0.2) is 24.3 Å². The molecule has 0 aromatic heterocycles. The van der Waals surface area contributed by atoms with Gasteiger partial charge in [-0.3, -0.25) is 4.79 Å². The fraction of sp³-hybridized carbons (Fsp3) is 0.720. The maximum Gasteiger partial charge on any atom is 0.255 e. The van der Waals surface area contributed by atoms with Crippen LogP contribution in [0.3, 0.4) is 0 Å². The maximum absolute atomic E-state index is 12.9. The predicted molar refractivity (Wildman–Crippen MR) is 130 cm³/mol. The summed E-state index contributed by atoms with van der Waals surface area (Å²) in [6.45, 7) is 11.6. The Hall–Kier alpha value is -1.67. The Labute approximate surface area is 194 Å². The van der Waals surface area contributed by atoms with Gasteiger partial charge in [0.1, 0.15) is 5.75 Å². The number of methoxy groups -OCH3 is 1. The number of aliphatic hydroxyl groups is 1. The molecule has 0 spiro atoms. The summed E-state index contributed by atoms with van der Waals surface area (Å²) in [6.07, 6.45) is 1.81. The molecule has 0 fully saturated rings. The third-order valence-corrected chi connectivity index (χ3v) is 5.57. The van der Waals surface area contributed by atoms with E-state index in [4.69, 9.17) is 15.2 Å². The van der Waals surface area contributed by atoms with Crippen LogP contribution < -0.4 is 21.1 Å². The molecule has 0 unspecified atom stereocenters. The lowest BCUT2D eigenvalue weighted by atomic mass is 9.87. The monoisotopic (exact) mass is 451 g/mol. The van der Waals surface area contributed by atoms with Crippen molar-refractivity contribution in [3.8, 4) is 5.75 Å². The first-order valence-corrected chi connectivity index (χ1v) is 11.9. The molecular weight excluding hydrogens is 406 g/mol. The van der Waals surface area contributed by atoms with Crippen LogP contribution in [0.2, 0.25) is 0 Å². The summed E-state index contributed by atoms with van der Waals surface area (Å²) in [6, 6.07) is 6.96.